The van der Waals surface area contributed by atoms with E-state index in [9.17, 15) is 4.79 Å². The Morgan fingerprint density at radius 1 is 0.974 bits per heavy atom. The fraction of sp³-hybridized carbons (Fsp3) is 0.355. The molecule has 0 bridgehead atoms. The molecular weight excluding hydrogens is 478 g/mol. The molecule has 0 aliphatic rings. The maximum Gasteiger partial charge on any atom is 0.224 e. The van der Waals surface area contributed by atoms with Gasteiger partial charge in [0.1, 0.15) is 11.6 Å². The lowest BCUT2D eigenvalue weighted by Crippen LogP contribution is -2.28. The number of aryl methyl sites for hydroxylation is 1. The monoisotopic (exact) mass is 515 g/mol. The Bertz CT molecular complexity index is 1350. The number of hydrogen-bond donors (Lipinski definition) is 1. The molecule has 0 spiro atoms. The lowest BCUT2D eigenvalue weighted by atomic mass is 10.0. The molecule has 0 aliphatic heterocycles. The number of hydrogen-bond acceptors (Lipinski definition) is 5. The number of carbonyl (C=O) groups excluding carboxylic acids is 1. The lowest BCUT2D eigenvalue weighted by Gasteiger charge is -2.12. The second-order valence-electron chi connectivity index (χ2n) is 9.56. The summed E-state index contributed by atoms with van der Waals surface area (Å²) in [6, 6.07) is 22.0. The first-order chi connectivity index (χ1) is 18.5. The lowest BCUT2D eigenvalue weighted by molar-refractivity contribution is -0.120. The van der Waals surface area contributed by atoms with Gasteiger partial charge in [0.05, 0.1) is 38.3 Å². The van der Waals surface area contributed by atoms with Crippen LogP contribution in [0.1, 0.15) is 43.1 Å². The van der Waals surface area contributed by atoms with Crippen molar-refractivity contribution >= 4 is 16.9 Å². The Balaban J connectivity index is 1.32. The van der Waals surface area contributed by atoms with E-state index in [1.54, 1.807) is 14.2 Å². The molecule has 0 radical (unpaired) electrons. The van der Waals surface area contributed by atoms with Crippen LogP contribution in [-0.2, 0) is 24.2 Å². The summed E-state index contributed by atoms with van der Waals surface area (Å²) >= 11 is 0. The summed E-state index contributed by atoms with van der Waals surface area (Å²) in [5.74, 6) is 3.57. The summed E-state index contributed by atoms with van der Waals surface area (Å²) in [5, 5.41) is 3.03. The first-order valence-corrected chi connectivity index (χ1v) is 13.1. The quantitative estimate of drug-likeness (QED) is 0.236. The number of para-hydroxylation sites is 2. The SMILES string of the molecule is COc1ccc(CC(=O)NCCc2nc3ccccc3n2CCCOc2ccc(C(C)C)cc2)cc1OC. The number of ether oxygens (including phenoxy) is 3. The van der Waals surface area contributed by atoms with Crippen LogP contribution < -0.4 is 19.5 Å². The molecular formula is C31H37N3O4. The number of amides is 1. The highest BCUT2D eigenvalue weighted by molar-refractivity contribution is 5.79. The van der Waals surface area contributed by atoms with Crippen molar-refractivity contribution in [3.8, 4) is 17.2 Å². The van der Waals surface area contributed by atoms with E-state index in [0.29, 0.717) is 37.0 Å². The standard InChI is InChI=1S/C31H37N3O4/c1-22(2)24-11-13-25(14-12-24)38-19-7-18-34-27-9-6-5-8-26(27)33-30(34)16-17-32-31(35)21-23-10-15-28(36-3)29(20-23)37-4/h5-6,8-15,20,22H,7,16-19,21H2,1-4H3,(H,32,35). The second kappa shape index (κ2) is 13.0. The predicted octanol–water partition coefficient (Wildman–Crippen LogP) is 5.55. The molecule has 4 aromatic rings. The number of rotatable bonds is 13. The van der Waals surface area contributed by atoms with E-state index in [4.69, 9.17) is 19.2 Å². The van der Waals surface area contributed by atoms with Crippen LogP contribution in [0.2, 0.25) is 0 Å². The van der Waals surface area contributed by atoms with Crippen molar-refractivity contribution in [3.63, 3.8) is 0 Å². The molecule has 0 atom stereocenters. The predicted molar refractivity (Wildman–Crippen MR) is 150 cm³/mol. The van der Waals surface area contributed by atoms with Gasteiger partial charge in [0, 0.05) is 19.5 Å². The van der Waals surface area contributed by atoms with Gasteiger partial charge < -0.3 is 24.1 Å². The number of nitrogens with zero attached hydrogens (tertiary/aromatic N) is 2. The molecule has 7 heteroatoms. The summed E-state index contributed by atoms with van der Waals surface area (Å²) < 4.78 is 18.8. The highest BCUT2D eigenvalue weighted by atomic mass is 16.5. The van der Waals surface area contributed by atoms with Crippen LogP contribution in [0.5, 0.6) is 17.2 Å². The Labute approximate surface area is 224 Å². The first-order valence-electron chi connectivity index (χ1n) is 13.1. The zero-order chi connectivity index (χ0) is 26.9. The maximum atomic E-state index is 12.6. The van der Waals surface area contributed by atoms with Gasteiger partial charge in [0.15, 0.2) is 11.5 Å². The number of aromatic nitrogens is 2. The summed E-state index contributed by atoms with van der Waals surface area (Å²) in [6.45, 7) is 6.29. The van der Waals surface area contributed by atoms with Gasteiger partial charge in [-0.15, -0.1) is 0 Å². The Kier molecular flexibility index (Phi) is 9.25. The molecule has 0 aliphatic carbocycles. The van der Waals surface area contributed by atoms with E-state index < -0.39 is 0 Å². The van der Waals surface area contributed by atoms with Crippen molar-refractivity contribution in [2.24, 2.45) is 0 Å². The van der Waals surface area contributed by atoms with Crippen LogP contribution in [-0.4, -0.2) is 42.8 Å². The average Bonchev–Trinajstić information content (AvgIpc) is 3.28. The molecule has 3 aromatic carbocycles. The van der Waals surface area contributed by atoms with Crippen LogP contribution >= 0.6 is 0 Å². The van der Waals surface area contributed by atoms with E-state index in [1.807, 2.05) is 48.5 Å². The van der Waals surface area contributed by atoms with Crippen molar-refractivity contribution < 1.29 is 19.0 Å². The number of imidazole rings is 1. The number of carbonyl (C=O) groups is 1. The smallest absolute Gasteiger partial charge is 0.224 e. The summed E-state index contributed by atoms with van der Waals surface area (Å²) in [4.78, 5) is 17.4. The first kappa shape index (κ1) is 27.0. The minimum absolute atomic E-state index is 0.0447. The zero-order valence-corrected chi connectivity index (χ0v) is 22.7. The molecule has 1 amide bonds. The topological polar surface area (TPSA) is 74.6 Å². The fourth-order valence-corrected chi connectivity index (χ4v) is 4.48. The third kappa shape index (κ3) is 6.85. The Morgan fingerprint density at radius 2 is 1.74 bits per heavy atom. The number of fused-ring (bicyclic) bond motifs is 1. The van der Waals surface area contributed by atoms with Gasteiger partial charge in [0.2, 0.25) is 5.91 Å². The normalized spacial score (nSPS) is 11.1. The summed E-state index contributed by atoms with van der Waals surface area (Å²) in [6.07, 6.45) is 1.76. The molecule has 38 heavy (non-hydrogen) atoms. The van der Waals surface area contributed by atoms with Crippen LogP contribution in [0.3, 0.4) is 0 Å². The minimum atomic E-state index is -0.0447. The molecule has 4 rings (SSSR count). The van der Waals surface area contributed by atoms with Crippen molar-refractivity contribution in [2.75, 3.05) is 27.4 Å². The number of nitrogens with one attached hydrogen (secondary N) is 1. The molecule has 1 heterocycles. The van der Waals surface area contributed by atoms with Crippen molar-refractivity contribution in [3.05, 3.63) is 83.7 Å². The molecule has 7 nitrogen and oxygen atoms in total. The van der Waals surface area contributed by atoms with Crippen LogP contribution in [0.15, 0.2) is 66.7 Å². The van der Waals surface area contributed by atoms with Crippen LogP contribution in [0.25, 0.3) is 11.0 Å². The average molecular weight is 516 g/mol. The molecule has 1 aromatic heterocycles. The van der Waals surface area contributed by atoms with Crippen LogP contribution in [0.4, 0.5) is 0 Å². The Hall–Kier alpha value is -4.00. The van der Waals surface area contributed by atoms with Gasteiger partial charge in [-0.1, -0.05) is 44.2 Å². The van der Waals surface area contributed by atoms with Gasteiger partial charge in [-0.05, 0) is 59.9 Å². The van der Waals surface area contributed by atoms with Crippen molar-refractivity contribution in [1.29, 1.82) is 0 Å². The third-order valence-corrected chi connectivity index (χ3v) is 6.56. The van der Waals surface area contributed by atoms with E-state index in [2.05, 4.69) is 41.9 Å². The maximum absolute atomic E-state index is 12.6. The summed E-state index contributed by atoms with van der Waals surface area (Å²) in [7, 11) is 3.18. The molecule has 1 N–H and O–H groups in total. The third-order valence-electron chi connectivity index (χ3n) is 6.56. The van der Waals surface area contributed by atoms with Gasteiger partial charge in [-0.2, -0.15) is 0 Å². The number of benzene rings is 3. The summed E-state index contributed by atoms with van der Waals surface area (Å²) in [5.41, 5.74) is 4.23. The van der Waals surface area contributed by atoms with Gasteiger partial charge in [0.25, 0.3) is 0 Å². The minimum Gasteiger partial charge on any atom is -0.494 e. The molecule has 0 unspecified atom stereocenters. The van der Waals surface area contributed by atoms with E-state index in [-0.39, 0.29) is 12.3 Å². The molecule has 0 saturated carbocycles. The van der Waals surface area contributed by atoms with Gasteiger partial charge >= 0.3 is 0 Å². The highest BCUT2D eigenvalue weighted by Crippen LogP contribution is 2.27. The zero-order valence-electron chi connectivity index (χ0n) is 22.7. The molecule has 200 valence electrons. The van der Waals surface area contributed by atoms with E-state index in [0.717, 1.165) is 41.1 Å². The van der Waals surface area contributed by atoms with Gasteiger partial charge in [-0.25, -0.2) is 4.98 Å². The van der Waals surface area contributed by atoms with Crippen molar-refractivity contribution in [1.82, 2.24) is 14.9 Å². The van der Waals surface area contributed by atoms with E-state index >= 15 is 0 Å². The number of methoxy groups -OCH3 is 2. The van der Waals surface area contributed by atoms with Crippen molar-refractivity contribution in [2.45, 2.75) is 45.6 Å². The second-order valence-corrected chi connectivity index (χ2v) is 9.56. The van der Waals surface area contributed by atoms with E-state index in [1.165, 1.54) is 5.56 Å². The largest absolute Gasteiger partial charge is 0.494 e. The highest BCUT2D eigenvalue weighted by Gasteiger charge is 2.12. The van der Waals surface area contributed by atoms with Crippen LogP contribution in [0, 0.1) is 0 Å². The fourth-order valence-electron chi connectivity index (χ4n) is 4.48. The van der Waals surface area contributed by atoms with Gasteiger partial charge in [-0.3, -0.25) is 4.79 Å². The molecule has 0 fully saturated rings. The molecule has 0 saturated heterocycles. The Morgan fingerprint density at radius 3 is 2.47 bits per heavy atom.